The Morgan fingerprint density at radius 3 is 2.34 bits per heavy atom. The molecule has 2 aromatic heterocycles. The second-order valence-electron chi connectivity index (χ2n) is 6.43. The number of carbonyl (C=O) groups excluding carboxylic acids is 2. The normalized spacial score (nSPS) is 10.8. The molecule has 0 spiro atoms. The molecule has 0 radical (unpaired) electrons. The number of carbonyl (C=O) groups is 2. The molecule has 2 aromatic carbocycles. The minimum atomic E-state index is -0.489. The summed E-state index contributed by atoms with van der Waals surface area (Å²) in [6.45, 7) is 0. The number of hydrogen-bond acceptors (Lipinski definition) is 4. The number of nitrogens with zero attached hydrogens (tertiary/aromatic N) is 4. The number of primary amides is 1. The SMILES string of the molecule is CN(C(=O)c1cn2c(-c3ccc(C(N)=O)cc3)cnc2cn1)c1ccc(Cl)cc1. The fourth-order valence-electron chi connectivity index (χ4n) is 2.97. The van der Waals surface area contributed by atoms with Crippen molar-refractivity contribution in [1.82, 2.24) is 14.4 Å². The van der Waals surface area contributed by atoms with E-state index in [-0.39, 0.29) is 11.6 Å². The van der Waals surface area contributed by atoms with Gasteiger partial charge in [0.1, 0.15) is 5.69 Å². The van der Waals surface area contributed by atoms with Gasteiger partial charge in [-0.3, -0.25) is 14.0 Å². The highest BCUT2D eigenvalue weighted by Gasteiger charge is 2.17. The summed E-state index contributed by atoms with van der Waals surface area (Å²) >= 11 is 5.92. The van der Waals surface area contributed by atoms with Gasteiger partial charge in [0, 0.05) is 35.1 Å². The van der Waals surface area contributed by atoms with E-state index in [1.165, 1.54) is 4.90 Å². The second-order valence-corrected chi connectivity index (χ2v) is 6.86. The lowest BCUT2D eigenvalue weighted by molar-refractivity contribution is 0.0984. The third kappa shape index (κ3) is 3.55. The first-order chi connectivity index (χ1) is 13.9. The Hall–Kier alpha value is -3.71. The van der Waals surface area contributed by atoms with E-state index < -0.39 is 5.91 Å². The number of halogens is 1. The van der Waals surface area contributed by atoms with Crippen LogP contribution >= 0.6 is 11.6 Å². The molecule has 29 heavy (non-hydrogen) atoms. The van der Waals surface area contributed by atoms with Gasteiger partial charge in [0.2, 0.25) is 5.91 Å². The minimum absolute atomic E-state index is 0.266. The van der Waals surface area contributed by atoms with E-state index in [1.54, 1.807) is 78.6 Å². The zero-order valence-electron chi connectivity index (χ0n) is 15.4. The molecule has 0 unspecified atom stereocenters. The van der Waals surface area contributed by atoms with Crippen LogP contribution in [0.4, 0.5) is 5.69 Å². The maximum absolute atomic E-state index is 12.9. The molecule has 0 aliphatic carbocycles. The van der Waals surface area contributed by atoms with Crippen molar-refractivity contribution < 1.29 is 9.59 Å². The maximum atomic E-state index is 12.9. The van der Waals surface area contributed by atoms with E-state index in [9.17, 15) is 9.59 Å². The molecule has 8 heteroatoms. The van der Waals surface area contributed by atoms with E-state index in [1.807, 2.05) is 0 Å². The smallest absolute Gasteiger partial charge is 0.278 e. The van der Waals surface area contributed by atoms with Gasteiger partial charge in [0.15, 0.2) is 5.65 Å². The quantitative estimate of drug-likeness (QED) is 0.562. The van der Waals surface area contributed by atoms with Crippen LogP contribution in [0.25, 0.3) is 16.9 Å². The maximum Gasteiger partial charge on any atom is 0.278 e. The van der Waals surface area contributed by atoms with E-state index in [0.717, 1.165) is 11.3 Å². The molecule has 0 fully saturated rings. The van der Waals surface area contributed by atoms with E-state index in [0.29, 0.717) is 21.9 Å². The average molecular weight is 406 g/mol. The summed E-state index contributed by atoms with van der Waals surface area (Å²) in [6.07, 6.45) is 4.88. The molecule has 0 bridgehead atoms. The minimum Gasteiger partial charge on any atom is -0.366 e. The van der Waals surface area contributed by atoms with Crippen molar-refractivity contribution in [3.63, 3.8) is 0 Å². The first kappa shape index (κ1) is 18.6. The van der Waals surface area contributed by atoms with Crippen LogP contribution in [0.5, 0.6) is 0 Å². The Bertz CT molecular complexity index is 1220. The molecule has 2 N–H and O–H groups in total. The van der Waals surface area contributed by atoms with Crippen LogP contribution in [0.2, 0.25) is 5.02 Å². The monoisotopic (exact) mass is 405 g/mol. The molecule has 0 atom stereocenters. The summed E-state index contributed by atoms with van der Waals surface area (Å²) in [4.78, 5) is 34.3. The Morgan fingerprint density at radius 1 is 1.00 bits per heavy atom. The Balaban J connectivity index is 1.70. The van der Waals surface area contributed by atoms with Crippen LogP contribution in [-0.2, 0) is 0 Å². The van der Waals surface area contributed by atoms with Crippen LogP contribution in [0.1, 0.15) is 20.8 Å². The van der Waals surface area contributed by atoms with Gasteiger partial charge in [-0.25, -0.2) is 9.97 Å². The van der Waals surface area contributed by atoms with E-state index in [2.05, 4.69) is 9.97 Å². The van der Waals surface area contributed by atoms with Crippen molar-refractivity contribution in [3.8, 4) is 11.3 Å². The molecule has 0 saturated carbocycles. The predicted molar refractivity (Wildman–Crippen MR) is 111 cm³/mol. The summed E-state index contributed by atoms with van der Waals surface area (Å²) in [5, 5.41) is 0.597. The van der Waals surface area contributed by atoms with E-state index in [4.69, 9.17) is 17.3 Å². The van der Waals surface area contributed by atoms with Crippen LogP contribution in [0, 0.1) is 0 Å². The van der Waals surface area contributed by atoms with Gasteiger partial charge in [0.05, 0.1) is 18.1 Å². The molecule has 4 aromatic rings. The number of aromatic nitrogens is 3. The highest BCUT2D eigenvalue weighted by molar-refractivity contribution is 6.30. The van der Waals surface area contributed by atoms with Crippen molar-refractivity contribution in [3.05, 3.63) is 83.4 Å². The Kier molecular flexibility index (Phi) is 4.74. The molecule has 7 nitrogen and oxygen atoms in total. The number of benzene rings is 2. The zero-order valence-corrected chi connectivity index (χ0v) is 16.2. The fraction of sp³-hybridized carbons (Fsp3) is 0.0476. The molecule has 144 valence electrons. The number of imidazole rings is 1. The van der Waals surface area contributed by atoms with Crippen molar-refractivity contribution >= 4 is 34.7 Å². The third-order valence-electron chi connectivity index (χ3n) is 4.60. The van der Waals surface area contributed by atoms with Crippen molar-refractivity contribution in [2.75, 3.05) is 11.9 Å². The molecule has 2 heterocycles. The van der Waals surface area contributed by atoms with Gasteiger partial charge in [-0.05, 0) is 36.4 Å². The molecule has 4 rings (SSSR count). The number of hydrogen-bond donors (Lipinski definition) is 1. The lowest BCUT2D eigenvalue weighted by Crippen LogP contribution is -2.27. The van der Waals surface area contributed by atoms with Gasteiger partial charge in [-0.1, -0.05) is 23.7 Å². The topological polar surface area (TPSA) is 93.6 Å². The summed E-state index contributed by atoms with van der Waals surface area (Å²) in [5.41, 5.74) is 8.89. The van der Waals surface area contributed by atoms with Crippen LogP contribution in [-0.4, -0.2) is 33.2 Å². The number of anilines is 1. The van der Waals surface area contributed by atoms with E-state index >= 15 is 0 Å². The first-order valence-corrected chi connectivity index (χ1v) is 9.09. The molecular weight excluding hydrogens is 390 g/mol. The third-order valence-corrected chi connectivity index (χ3v) is 4.85. The number of nitrogens with two attached hydrogens (primary N) is 1. The largest absolute Gasteiger partial charge is 0.366 e. The lowest BCUT2D eigenvalue weighted by Gasteiger charge is -2.17. The standard InChI is InChI=1S/C21H16ClN5O2/c1-26(16-8-6-15(22)7-9-16)21(29)17-12-27-18(10-25-19(27)11-24-17)13-2-4-14(5-3-13)20(23)28/h2-12H,1H3,(H2,23,28). The summed E-state index contributed by atoms with van der Waals surface area (Å²) in [6, 6.07) is 13.8. The fourth-order valence-corrected chi connectivity index (χ4v) is 3.10. The zero-order chi connectivity index (χ0) is 20.5. The van der Waals surface area contributed by atoms with Crippen LogP contribution in [0.3, 0.4) is 0 Å². The van der Waals surface area contributed by atoms with Crippen molar-refractivity contribution in [1.29, 1.82) is 0 Å². The van der Waals surface area contributed by atoms with Crippen LogP contribution < -0.4 is 10.6 Å². The van der Waals surface area contributed by atoms with Gasteiger partial charge in [0.25, 0.3) is 5.91 Å². The van der Waals surface area contributed by atoms with Gasteiger partial charge in [-0.15, -0.1) is 0 Å². The van der Waals surface area contributed by atoms with Gasteiger partial charge >= 0.3 is 0 Å². The molecule has 0 aliphatic heterocycles. The molecule has 2 amide bonds. The predicted octanol–water partition coefficient (Wildman–Crippen LogP) is 3.43. The Morgan fingerprint density at radius 2 is 1.69 bits per heavy atom. The van der Waals surface area contributed by atoms with Crippen LogP contribution in [0.15, 0.2) is 67.1 Å². The molecule has 0 saturated heterocycles. The number of rotatable bonds is 4. The average Bonchev–Trinajstić information content (AvgIpc) is 3.16. The summed E-state index contributed by atoms with van der Waals surface area (Å²) in [5.74, 6) is -0.755. The second kappa shape index (κ2) is 7.37. The summed E-state index contributed by atoms with van der Waals surface area (Å²) < 4.78 is 1.79. The highest BCUT2D eigenvalue weighted by atomic mass is 35.5. The molecular formula is C21H16ClN5O2. The molecule has 0 aliphatic rings. The highest BCUT2D eigenvalue weighted by Crippen LogP contribution is 2.23. The summed E-state index contributed by atoms with van der Waals surface area (Å²) in [7, 11) is 1.68. The first-order valence-electron chi connectivity index (χ1n) is 8.71. The lowest BCUT2D eigenvalue weighted by atomic mass is 10.1. The Labute approximate surface area is 171 Å². The van der Waals surface area contributed by atoms with Gasteiger partial charge < -0.3 is 10.6 Å². The number of amides is 2. The van der Waals surface area contributed by atoms with Crippen molar-refractivity contribution in [2.45, 2.75) is 0 Å². The van der Waals surface area contributed by atoms with Crippen molar-refractivity contribution in [2.24, 2.45) is 5.73 Å². The number of fused-ring (bicyclic) bond motifs is 1. The van der Waals surface area contributed by atoms with Gasteiger partial charge in [-0.2, -0.15) is 0 Å².